The lowest BCUT2D eigenvalue weighted by molar-refractivity contribution is 0.0531. The van der Waals surface area contributed by atoms with E-state index < -0.39 is 5.60 Å². The second kappa shape index (κ2) is 8.22. The first-order chi connectivity index (χ1) is 6.95. The fourth-order valence-corrected chi connectivity index (χ4v) is 2.44. The highest BCUT2D eigenvalue weighted by molar-refractivity contribution is 8.76. The Kier molecular flexibility index (Phi) is 8.24. The van der Waals surface area contributed by atoms with Gasteiger partial charge in [0.25, 0.3) is 0 Å². The van der Waals surface area contributed by atoms with Crippen LogP contribution in [-0.4, -0.2) is 37.6 Å². The van der Waals surface area contributed by atoms with E-state index in [1.165, 1.54) is 0 Å². The smallest absolute Gasteiger partial charge is 0.407 e. The largest absolute Gasteiger partial charge is 0.444 e. The lowest BCUT2D eigenvalue weighted by Crippen LogP contribution is -2.33. The summed E-state index contributed by atoms with van der Waals surface area (Å²) in [6.45, 7) is 6.16. The Morgan fingerprint density at radius 3 is 2.47 bits per heavy atom. The number of amides is 1. The fraction of sp³-hybridized carbons (Fsp3) is 0.889. The van der Waals surface area contributed by atoms with Crippen LogP contribution in [0.2, 0.25) is 6.32 Å². The standard InChI is InChI=1S/C9H18BNO2S2/c1-9(2,3)13-8(12)11-5-7-15-14-6-4-10/h4-7H2,1-3H3,(H,11,12). The van der Waals surface area contributed by atoms with E-state index >= 15 is 0 Å². The zero-order chi connectivity index (χ0) is 11.7. The molecule has 0 rings (SSSR count). The average Bonchev–Trinajstić information content (AvgIpc) is 2.08. The molecule has 0 heterocycles. The fourth-order valence-electron chi connectivity index (χ4n) is 0.675. The molecule has 0 bridgehead atoms. The van der Waals surface area contributed by atoms with Crippen LogP contribution in [0.4, 0.5) is 4.79 Å². The van der Waals surface area contributed by atoms with E-state index in [9.17, 15) is 4.79 Å². The summed E-state index contributed by atoms with van der Waals surface area (Å²) in [7, 11) is 8.76. The van der Waals surface area contributed by atoms with Gasteiger partial charge < -0.3 is 10.1 Å². The molecule has 0 saturated carbocycles. The monoisotopic (exact) mass is 247 g/mol. The molecule has 0 fully saturated rings. The molecule has 6 heteroatoms. The van der Waals surface area contributed by atoms with Crippen LogP contribution in [0.3, 0.4) is 0 Å². The minimum Gasteiger partial charge on any atom is -0.444 e. The summed E-state index contributed by atoms with van der Waals surface area (Å²) in [5, 5.41) is 2.69. The predicted molar refractivity (Wildman–Crippen MR) is 69.7 cm³/mol. The van der Waals surface area contributed by atoms with Crippen molar-refractivity contribution in [3.05, 3.63) is 0 Å². The summed E-state index contributed by atoms with van der Waals surface area (Å²) in [4.78, 5) is 11.2. The van der Waals surface area contributed by atoms with Crippen molar-refractivity contribution in [2.24, 2.45) is 0 Å². The molecule has 86 valence electrons. The van der Waals surface area contributed by atoms with Gasteiger partial charge in [0.15, 0.2) is 0 Å². The highest BCUT2D eigenvalue weighted by Gasteiger charge is 2.15. The molecule has 0 spiro atoms. The SMILES string of the molecule is [B]CCSSCCNC(=O)OC(C)(C)C. The van der Waals surface area contributed by atoms with Gasteiger partial charge in [-0.05, 0) is 26.5 Å². The van der Waals surface area contributed by atoms with Crippen molar-refractivity contribution in [2.45, 2.75) is 32.7 Å². The van der Waals surface area contributed by atoms with E-state index in [-0.39, 0.29) is 6.09 Å². The third-order valence-corrected chi connectivity index (χ3v) is 3.58. The van der Waals surface area contributed by atoms with Gasteiger partial charge in [0.1, 0.15) is 5.60 Å². The predicted octanol–water partition coefficient (Wildman–Crippen LogP) is 2.48. The van der Waals surface area contributed by atoms with Crippen molar-refractivity contribution in [1.29, 1.82) is 0 Å². The topological polar surface area (TPSA) is 38.3 Å². The number of hydrogen-bond acceptors (Lipinski definition) is 4. The lowest BCUT2D eigenvalue weighted by Gasteiger charge is -2.19. The number of alkyl carbamates (subject to hydrolysis) is 1. The van der Waals surface area contributed by atoms with E-state index in [0.717, 1.165) is 11.5 Å². The Balaban J connectivity index is 3.32. The first-order valence-electron chi connectivity index (χ1n) is 4.87. The Bertz CT molecular complexity index is 185. The second-order valence-electron chi connectivity index (χ2n) is 3.86. The lowest BCUT2D eigenvalue weighted by atomic mass is 10.1. The molecule has 0 aromatic carbocycles. The van der Waals surface area contributed by atoms with E-state index in [1.54, 1.807) is 21.6 Å². The Morgan fingerprint density at radius 2 is 1.93 bits per heavy atom. The molecule has 0 unspecified atom stereocenters. The van der Waals surface area contributed by atoms with Gasteiger partial charge in [-0.25, -0.2) is 4.79 Å². The Morgan fingerprint density at radius 1 is 1.33 bits per heavy atom. The molecule has 0 saturated heterocycles. The summed E-state index contributed by atoms with van der Waals surface area (Å²) in [5.74, 6) is 1.81. The molecule has 2 radical (unpaired) electrons. The quantitative estimate of drug-likeness (QED) is 0.444. The van der Waals surface area contributed by atoms with Crippen LogP contribution in [-0.2, 0) is 4.74 Å². The zero-order valence-corrected chi connectivity index (χ0v) is 11.2. The average molecular weight is 247 g/mol. The number of hydrogen-bond donors (Lipinski definition) is 1. The number of carbonyl (C=O) groups excluding carboxylic acids is 1. The van der Waals surface area contributed by atoms with Crippen LogP contribution < -0.4 is 5.32 Å². The maximum absolute atomic E-state index is 11.2. The first-order valence-corrected chi connectivity index (χ1v) is 7.36. The number of ether oxygens (including phenoxy) is 1. The molecule has 1 N–H and O–H groups in total. The van der Waals surface area contributed by atoms with Crippen LogP contribution in [0.1, 0.15) is 20.8 Å². The van der Waals surface area contributed by atoms with Gasteiger partial charge in [0.2, 0.25) is 0 Å². The van der Waals surface area contributed by atoms with Crippen LogP contribution in [0.15, 0.2) is 0 Å². The molecule has 0 aromatic rings. The Labute approximate surface area is 101 Å². The molecule has 15 heavy (non-hydrogen) atoms. The number of carbonyl (C=O) groups is 1. The molecular formula is C9H18BNO2S2. The molecule has 0 aromatic heterocycles. The van der Waals surface area contributed by atoms with Crippen LogP contribution in [0, 0.1) is 0 Å². The number of nitrogens with one attached hydrogen (secondary N) is 1. The van der Waals surface area contributed by atoms with Crippen LogP contribution in [0.5, 0.6) is 0 Å². The van der Waals surface area contributed by atoms with Gasteiger partial charge in [-0.1, -0.05) is 27.9 Å². The third kappa shape index (κ3) is 12.0. The van der Waals surface area contributed by atoms with Crippen molar-refractivity contribution in [1.82, 2.24) is 5.32 Å². The molecule has 3 nitrogen and oxygen atoms in total. The highest BCUT2D eigenvalue weighted by atomic mass is 33.1. The maximum Gasteiger partial charge on any atom is 0.407 e. The van der Waals surface area contributed by atoms with Gasteiger partial charge in [0.05, 0.1) is 7.85 Å². The molecule has 0 aliphatic rings. The third-order valence-electron chi connectivity index (χ3n) is 1.14. The van der Waals surface area contributed by atoms with Gasteiger partial charge in [-0.15, -0.1) is 0 Å². The summed E-state index contributed by atoms with van der Waals surface area (Å²) in [6, 6.07) is 0. The highest BCUT2D eigenvalue weighted by Crippen LogP contribution is 2.20. The van der Waals surface area contributed by atoms with Gasteiger partial charge in [-0.2, -0.15) is 0 Å². The van der Waals surface area contributed by atoms with Crippen molar-refractivity contribution in [3.63, 3.8) is 0 Å². The summed E-state index contributed by atoms with van der Waals surface area (Å²) in [6.07, 6.45) is 0.337. The number of rotatable bonds is 6. The van der Waals surface area contributed by atoms with Crippen molar-refractivity contribution >= 4 is 35.5 Å². The minimum absolute atomic E-state index is 0.355. The van der Waals surface area contributed by atoms with Gasteiger partial charge in [-0.3, -0.25) is 0 Å². The molecule has 0 atom stereocenters. The van der Waals surface area contributed by atoms with Crippen molar-refractivity contribution < 1.29 is 9.53 Å². The van der Waals surface area contributed by atoms with Crippen LogP contribution in [0.25, 0.3) is 0 Å². The van der Waals surface area contributed by atoms with E-state index in [4.69, 9.17) is 12.6 Å². The van der Waals surface area contributed by atoms with E-state index in [0.29, 0.717) is 12.9 Å². The van der Waals surface area contributed by atoms with Gasteiger partial charge in [0, 0.05) is 12.3 Å². The van der Waals surface area contributed by atoms with Crippen molar-refractivity contribution in [3.8, 4) is 0 Å². The van der Waals surface area contributed by atoms with E-state index in [1.807, 2.05) is 20.8 Å². The minimum atomic E-state index is -0.425. The normalized spacial score (nSPS) is 11.1. The summed E-state index contributed by atoms with van der Waals surface area (Å²) >= 11 is 0. The first kappa shape index (κ1) is 15.0. The summed E-state index contributed by atoms with van der Waals surface area (Å²) in [5.41, 5.74) is -0.425. The van der Waals surface area contributed by atoms with Gasteiger partial charge >= 0.3 is 6.09 Å². The second-order valence-corrected chi connectivity index (χ2v) is 6.56. The molecule has 0 aliphatic carbocycles. The molecule has 0 aliphatic heterocycles. The Hall–Kier alpha value is 0.0349. The molecular weight excluding hydrogens is 229 g/mol. The summed E-state index contributed by atoms with van der Waals surface area (Å²) < 4.78 is 5.08. The van der Waals surface area contributed by atoms with Crippen molar-refractivity contribution in [2.75, 3.05) is 18.1 Å². The van der Waals surface area contributed by atoms with Crippen LogP contribution >= 0.6 is 21.6 Å². The maximum atomic E-state index is 11.2. The van der Waals surface area contributed by atoms with E-state index in [2.05, 4.69) is 5.32 Å². The zero-order valence-electron chi connectivity index (χ0n) is 9.54. The molecule has 1 amide bonds.